The minimum Gasteiger partial charge on any atom is -0.314 e. The van der Waals surface area contributed by atoms with Crippen molar-refractivity contribution in [3.63, 3.8) is 0 Å². The van der Waals surface area contributed by atoms with Gasteiger partial charge in [0, 0.05) is 16.8 Å². The molecule has 1 saturated carbocycles. The lowest BCUT2D eigenvalue weighted by Crippen LogP contribution is -2.21. The normalized spacial score (nSPS) is 16.4. The molecule has 3 rings (SSSR count). The number of hydrogen-bond acceptors (Lipinski definition) is 1. The predicted octanol–water partition coefficient (Wildman–Crippen LogP) is 4.19. The molecule has 0 bridgehead atoms. The van der Waals surface area contributed by atoms with Crippen LogP contribution in [0.4, 0.5) is 0 Å². The molecule has 1 aliphatic carbocycles. The Balaban J connectivity index is 2.00. The highest BCUT2D eigenvalue weighted by Crippen LogP contribution is 2.47. The van der Waals surface area contributed by atoms with Crippen LogP contribution in [-0.4, -0.2) is 6.16 Å². The third kappa shape index (κ3) is 2.74. The monoisotopic (exact) mass is 284 g/mol. The first-order valence-corrected chi connectivity index (χ1v) is 9.38. The molecule has 0 aromatic heterocycles. The maximum absolute atomic E-state index is 13.8. The van der Waals surface area contributed by atoms with Gasteiger partial charge >= 0.3 is 0 Å². The largest absolute Gasteiger partial charge is 0.314 e. The molecule has 0 amide bonds. The highest BCUT2D eigenvalue weighted by atomic mass is 31.2. The maximum atomic E-state index is 13.8. The zero-order chi connectivity index (χ0) is 13.8. The molecule has 0 spiro atoms. The average Bonchev–Trinajstić information content (AvgIpc) is 3.02. The van der Waals surface area contributed by atoms with Gasteiger partial charge in [0.15, 0.2) is 0 Å². The maximum Gasteiger partial charge on any atom is 0.143 e. The quantitative estimate of drug-likeness (QED) is 0.769. The van der Waals surface area contributed by atoms with Gasteiger partial charge in [-0.3, -0.25) is 0 Å². The van der Waals surface area contributed by atoms with Crippen molar-refractivity contribution in [2.75, 3.05) is 6.16 Å². The number of benzene rings is 2. The van der Waals surface area contributed by atoms with Crippen molar-refractivity contribution in [1.82, 2.24) is 0 Å². The second kappa shape index (κ2) is 5.97. The van der Waals surface area contributed by atoms with Crippen molar-refractivity contribution in [2.24, 2.45) is 5.92 Å². The van der Waals surface area contributed by atoms with E-state index in [4.69, 9.17) is 0 Å². The lowest BCUT2D eigenvalue weighted by molar-refractivity contribution is 0.562. The van der Waals surface area contributed by atoms with E-state index in [0.717, 1.165) is 16.8 Å². The molecule has 0 unspecified atom stereocenters. The van der Waals surface area contributed by atoms with Gasteiger partial charge in [-0.25, -0.2) is 0 Å². The molecular formula is C18H21OP. The van der Waals surface area contributed by atoms with Crippen LogP contribution in [0.2, 0.25) is 0 Å². The van der Waals surface area contributed by atoms with Crippen molar-refractivity contribution >= 4 is 17.8 Å². The summed E-state index contributed by atoms with van der Waals surface area (Å²) in [5.74, 6) is 0.626. The summed E-state index contributed by atoms with van der Waals surface area (Å²) >= 11 is 0. The molecule has 104 valence electrons. The summed E-state index contributed by atoms with van der Waals surface area (Å²) in [6.45, 7) is 0. The van der Waals surface area contributed by atoms with Crippen LogP contribution in [0.5, 0.6) is 0 Å². The number of rotatable bonds is 4. The van der Waals surface area contributed by atoms with Crippen LogP contribution in [0, 0.1) is 5.92 Å². The first-order chi connectivity index (χ1) is 9.79. The molecule has 1 fully saturated rings. The third-order valence-corrected chi connectivity index (χ3v) is 7.63. The highest BCUT2D eigenvalue weighted by Gasteiger charge is 2.31. The Bertz CT molecular complexity index is 542. The van der Waals surface area contributed by atoms with Gasteiger partial charge in [0.05, 0.1) is 0 Å². The van der Waals surface area contributed by atoms with E-state index in [2.05, 4.69) is 0 Å². The molecular weight excluding hydrogens is 263 g/mol. The smallest absolute Gasteiger partial charge is 0.143 e. The van der Waals surface area contributed by atoms with Gasteiger partial charge in [-0.15, -0.1) is 0 Å². The zero-order valence-corrected chi connectivity index (χ0v) is 12.6. The molecule has 2 aromatic rings. The van der Waals surface area contributed by atoms with Crippen molar-refractivity contribution in [3.8, 4) is 0 Å². The summed E-state index contributed by atoms with van der Waals surface area (Å²) in [6, 6.07) is 20.1. The molecule has 0 heterocycles. The van der Waals surface area contributed by atoms with Crippen molar-refractivity contribution in [3.05, 3.63) is 60.7 Å². The molecule has 2 heteroatoms. The van der Waals surface area contributed by atoms with E-state index in [1.807, 2.05) is 60.7 Å². The van der Waals surface area contributed by atoms with Gasteiger partial charge in [0.25, 0.3) is 0 Å². The molecule has 0 atom stereocenters. The van der Waals surface area contributed by atoms with Crippen LogP contribution in [0.25, 0.3) is 0 Å². The van der Waals surface area contributed by atoms with E-state index < -0.39 is 7.14 Å². The molecule has 0 N–H and O–H groups in total. The van der Waals surface area contributed by atoms with E-state index in [1.54, 1.807) is 0 Å². The summed E-state index contributed by atoms with van der Waals surface area (Å²) in [6.07, 6.45) is 5.91. The second-order valence-electron chi connectivity index (χ2n) is 5.74. The minimum absolute atomic E-state index is 0.626. The fourth-order valence-electron chi connectivity index (χ4n) is 3.25. The summed E-state index contributed by atoms with van der Waals surface area (Å²) in [5.41, 5.74) is 0. The minimum atomic E-state index is -2.47. The van der Waals surface area contributed by atoms with E-state index in [1.165, 1.54) is 25.7 Å². The second-order valence-corrected chi connectivity index (χ2v) is 8.62. The van der Waals surface area contributed by atoms with Crippen molar-refractivity contribution < 1.29 is 4.57 Å². The highest BCUT2D eigenvalue weighted by molar-refractivity contribution is 7.78. The van der Waals surface area contributed by atoms with E-state index in [0.29, 0.717) is 5.92 Å². The molecule has 20 heavy (non-hydrogen) atoms. The lowest BCUT2D eigenvalue weighted by atomic mass is 10.1. The summed E-state index contributed by atoms with van der Waals surface area (Å²) in [7, 11) is -2.47. The average molecular weight is 284 g/mol. The molecule has 1 nitrogen and oxygen atoms in total. The van der Waals surface area contributed by atoms with Crippen LogP contribution in [-0.2, 0) is 4.57 Å². The molecule has 0 radical (unpaired) electrons. The summed E-state index contributed by atoms with van der Waals surface area (Å²) < 4.78 is 13.8. The van der Waals surface area contributed by atoms with E-state index in [-0.39, 0.29) is 0 Å². The lowest BCUT2D eigenvalue weighted by Gasteiger charge is -2.22. The van der Waals surface area contributed by atoms with Crippen LogP contribution in [0.1, 0.15) is 25.7 Å². The molecule has 0 saturated heterocycles. The van der Waals surface area contributed by atoms with E-state index >= 15 is 0 Å². The first kappa shape index (κ1) is 13.6. The van der Waals surface area contributed by atoms with Gasteiger partial charge in [0.1, 0.15) is 7.14 Å². The Hall–Kier alpha value is -1.33. The van der Waals surface area contributed by atoms with Crippen LogP contribution >= 0.6 is 7.14 Å². The summed E-state index contributed by atoms with van der Waals surface area (Å²) in [4.78, 5) is 0. The van der Waals surface area contributed by atoms with Gasteiger partial charge in [-0.1, -0.05) is 73.5 Å². The van der Waals surface area contributed by atoms with Crippen LogP contribution in [0.15, 0.2) is 60.7 Å². The predicted molar refractivity (Wildman–Crippen MR) is 86.6 cm³/mol. The van der Waals surface area contributed by atoms with Gasteiger partial charge < -0.3 is 4.57 Å². The molecule has 0 aliphatic heterocycles. The SMILES string of the molecule is O=P(CC1CCCC1)(c1ccccc1)c1ccccc1. The Kier molecular flexibility index (Phi) is 4.08. The van der Waals surface area contributed by atoms with Gasteiger partial charge in [-0.05, 0) is 18.8 Å². The Morgan fingerprint density at radius 1 is 0.800 bits per heavy atom. The Labute approximate surface area is 121 Å². The van der Waals surface area contributed by atoms with Gasteiger partial charge in [-0.2, -0.15) is 0 Å². The fourth-order valence-corrected chi connectivity index (χ4v) is 6.37. The molecule has 1 aliphatic rings. The Morgan fingerprint density at radius 2 is 1.25 bits per heavy atom. The third-order valence-electron chi connectivity index (χ3n) is 4.34. The topological polar surface area (TPSA) is 17.1 Å². The van der Waals surface area contributed by atoms with Crippen LogP contribution in [0.3, 0.4) is 0 Å². The zero-order valence-electron chi connectivity index (χ0n) is 11.7. The number of hydrogen-bond donors (Lipinski definition) is 0. The van der Waals surface area contributed by atoms with Crippen LogP contribution < -0.4 is 10.6 Å². The first-order valence-electron chi connectivity index (χ1n) is 7.49. The molecule has 2 aromatic carbocycles. The van der Waals surface area contributed by atoms with Crippen molar-refractivity contribution in [2.45, 2.75) is 25.7 Å². The van der Waals surface area contributed by atoms with Crippen molar-refractivity contribution in [1.29, 1.82) is 0 Å². The summed E-state index contributed by atoms with van der Waals surface area (Å²) in [5, 5.41) is 2.02. The Morgan fingerprint density at radius 3 is 1.70 bits per heavy atom. The van der Waals surface area contributed by atoms with E-state index in [9.17, 15) is 4.57 Å². The standard InChI is InChI=1S/C18H21OP/c19-20(15-16-9-7-8-10-16,17-11-3-1-4-12-17)18-13-5-2-6-14-18/h1-6,11-14,16H,7-10,15H2. The fraction of sp³-hybridized carbons (Fsp3) is 0.333. The van der Waals surface area contributed by atoms with Gasteiger partial charge in [0.2, 0.25) is 0 Å².